The minimum Gasteiger partial charge on any atom is -0.493 e. The molecule has 0 amide bonds. The fourth-order valence-electron chi connectivity index (χ4n) is 3.29. The summed E-state index contributed by atoms with van der Waals surface area (Å²) < 4.78 is 10.7. The molecule has 1 aliphatic rings. The summed E-state index contributed by atoms with van der Waals surface area (Å²) in [6.45, 7) is 10.4. The molecule has 152 valence electrons. The van der Waals surface area contributed by atoms with E-state index in [1.807, 2.05) is 12.1 Å². The fraction of sp³-hybridized carbons (Fsp3) is 0.667. The van der Waals surface area contributed by atoms with Gasteiger partial charge in [0.25, 0.3) is 0 Å². The first-order valence-electron chi connectivity index (χ1n) is 10.1. The largest absolute Gasteiger partial charge is 0.493 e. The van der Waals surface area contributed by atoms with Gasteiger partial charge in [-0.2, -0.15) is 0 Å². The summed E-state index contributed by atoms with van der Waals surface area (Å²) in [4.78, 5) is 7.25. The predicted octanol–water partition coefficient (Wildman–Crippen LogP) is 2.53. The number of rotatable bonds is 9. The lowest BCUT2D eigenvalue weighted by molar-refractivity contribution is 0.197. The Bertz CT molecular complexity index is 584. The molecular formula is C21H36N4O2. The van der Waals surface area contributed by atoms with E-state index < -0.39 is 0 Å². The van der Waals surface area contributed by atoms with Gasteiger partial charge in [0.05, 0.1) is 20.8 Å². The highest BCUT2D eigenvalue weighted by molar-refractivity contribution is 5.79. The number of nitrogens with one attached hydrogen (secondary N) is 2. The van der Waals surface area contributed by atoms with E-state index in [9.17, 15) is 0 Å². The summed E-state index contributed by atoms with van der Waals surface area (Å²) in [7, 11) is 3.32. The van der Waals surface area contributed by atoms with Gasteiger partial charge < -0.3 is 25.0 Å². The molecule has 1 saturated heterocycles. The Morgan fingerprint density at radius 1 is 1.15 bits per heavy atom. The van der Waals surface area contributed by atoms with E-state index in [2.05, 4.69) is 35.4 Å². The highest BCUT2D eigenvalue weighted by atomic mass is 16.5. The standard InChI is InChI=1S/C21H36N4O2/c1-5-22-21(24-12-15-25-13-9-17(2)10-14-25)23-11-8-18-6-7-19(26-3)20(16-18)27-4/h6-7,16-17H,5,8-15H2,1-4H3,(H2,22,23,24). The van der Waals surface area contributed by atoms with Gasteiger partial charge in [0.15, 0.2) is 17.5 Å². The van der Waals surface area contributed by atoms with Crippen molar-refractivity contribution in [1.29, 1.82) is 0 Å². The van der Waals surface area contributed by atoms with Gasteiger partial charge in [-0.3, -0.25) is 4.99 Å². The summed E-state index contributed by atoms with van der Waals surface area (Å²) in [6, 6.07) is 6.05. The first-order valence-corrected chi connectivity index (χ1v) is 10.1. The molecule has 1 aliphatic heterocycles. The minimum atomic E-state index is 0.760. The fourth-order valence-corrected chi connectivity index (χ4v) is 3.29. The van der Waals surface area contributed by atoms with Crippen LogP contribution >= 0.6 is 0 Å². The van der Waals surface area contributed by atoms with Crippen molar-refractivity contribution in [1.82, 2.24) is 15.5 Å². The van der Waals surface area contributed by atoms with Gasteiger partial charge in [-0.15, -0.1) is 0 Å². The van der Waals surface area contributed by atoms with Crippen LogP contribution in [0.15, 0.2) is 23.2 Å². The normalized spacial score (nSPS) is 16.2. The zero-order chi connectivity index (χ0) is 19.5. The van der Waals surface area contributed by atoms with Crippen LogP contribution in [0.3, 0.4) is 0 Å². The molecule has 2 N–H and O–H groups in total. The predicted molar refractivity (Wildman–Crippen MR) is 112 cm³/mol. The Morgan fingerprint density at radius 3 is 2.56 bits per heavy atom. The van der Waals surface area contributed by atoms with Gasteiger partial charge in [0.1, 0.15) is 0 Å². The van der Waals surface area contributed by atoms with E-state index in [0.717, 1.165) is 56.0 Å². The Labute approximate surface area is 164 Å². The Hall–Kier alpha value is -1.95. The molecule has 1 fully saturated rings. The van der Waals surface area contributed by atoms with Crippen molar-refractivity contribution in [2.45, 2.75) is 33.1 Å². The van der Waals surface area contributed by atoms with E-state index in [0.29, 0.717) is 0 Å². The molecular weight excluding hydrogens is 340 g/mol. The second-order valence-corrected chi connectivity index (χ2v) is 7.15. The highest BCUT2D eigenvalue weighted by Crippen LogP contribution is 2.27. The number of guanidine groups is 1. The lowest BCUT2D eigenvalue weighted by Gasteiger charge is -2.29. The average molecular weight is 377 g/mol. The van der Waals surface area contributed by atoms with Crippen LogP contribution in [0.2, 0.25) is 0 Å². The summed E-state index contributed by atoms with van der Waals surface area (Å²) in [5.74, 6) is 3.30. The lowest BCUT2D eigenvalue weighted by Crippen LogP contribution is -2.39. The van der Waals surface area contributed by atoms with Gasteiger partial charge in [-0.1, -0.05) is 13.0 Å². The van der Waals surface area contributed by atoms with E-state index in [4.69, 9.17) is 14.5 Å². The van der Waals surface area contributed by atoms with Crippen molar-refractivity contribution in [2.75, 3.05) is 53.5 Å². The summed E-state index contributed by atoms with van der Waals surface area (Å²) in [6.07, 6.45) is 3.52. The molecule has 1 aromatic rings. The monoisotopic (exact) mass is 376 g/mol. The van der Waals surface area contributed by atoms with Crippen molar-refractivity contribution in [3.8, 4) is 11.5 Å². The van der Waals surface area contributed by atoms with Crippen molar-refractivity contribution in [3.63, 3.8) is 0 Å². The molecule has 0 aromatic heterocycles. The van der Waals surface area contributed by atoms with Crippen LogP contribution < -0.4 is 20.1 Å². The number of nitrogens with zero attached hydrogens (tertiary/aromatic N) is 2. The van der Waals surface area contributed by atoms with Crippen molar-refractivity contribution in [3.05, 3.63) is 23.8 Å². The molecule has 1 aromatic carbocycles. The number of hydrogen-bond donors (Lipinski definition) is 2. The molecule has 6 nitrogen and oxygen atoms in total. The maximum absolute atomic E-state index is 5.37. The maximum Gasteiger partial charge on any atom is 0.191 e. The summed E-state index contributed by atoms with van der Waals surface area (Å²) >= 11 is 0. The maximum atomic E-state index is 5.37. The second-order valence-electron chi connectivity index (χ2n) is 7.15. The van der Waals surface area contributed by atoms with E-state index in [1.54, 1.807) is 14.2 Å². The zero-order valence-corrected chi connectivity index (χ0v) is 17.4. The summed E-state index contributed by atoms with van der Waals surface area (Å²) in [5, 5.41) is 6.76. The van der Waals surface area contributed by atoms with Crippen LogP contribution in [0.1, 0.15) is 32.3 Å². The lowest BCUT2D eigenvalue weighted by atomic mass is 9.99. The quantitative estimate of drug-likeness (QED) is 0.512. The minimum absolute atomic E-state index is 0.760. The van der Waals surface area contributed by atoms with E-state index in [-0.39, 0.29) is 0 Å². The number of ether oxygens (including phenoxy) is 2. The average Bonchev–Trinajstić information content (AvgIpc) is 2.69. The SMILES string of the molecule is CCNC(=NCCN1CCC(C)CC1)NCCc1ccc(OC)c(OC)c1. The molecule has 0 saturated carbocycles. The third-order valence-corrected chi connectivity index (χ3v) is 5.06. The third kappa shape index (κ3) is 7.29. The Balaban J connectivity index is 1.78. The van der Waals surface area contributed by atoms with E-state index >= 15 is 0 Å². The van der Waals surface area contributed by atoms with Crippen molar-refractivity contribution in [2.24, 2.45) is 10.9 Å². The number of methoxy groups -OCH3 is 2. The number of aliphatic imine (C=N–C) groups is 1. The number of hydrogen-bond acceptors (Lipinski definition) is 4. The number of piperidine rings is 1. The van der Waals surface area contributed by atoms with Crippen molar-refractivity contribution < 1.29 is 9.47 Å². The number of benzene rings is 1. The van der Waals surface area contributed by atoms with Crippen LogP contribution in [0.5, 0.6) is 11.5 Å². The van der Waals surface area contributed by atoms with Gasteiger partial charge in [-0.05, 0) is 62.9 Å². The Morgan fingerprint density at radius 2 is 1.89 bits per heavy atom. The number of likely N-dealkylation sites (tertiary alicyclic amines) is 1. The van der Waals surface area contributed by atoms with Crippen LogP contribution in [0, 0.1) is 5.92 Å². The van der Waals surface area contributed by atoms with Crippen LogP contribution in [-0.4, -0.2) is 64.3 Å². The molecule has 0 spiro atoms. The first kappa shape index (κ1) is 21.4. The second kappa shape index (κ2) is 11.7. The zero-order valence-electron chi connectivity index (χ0n) is 17.4. The molecule has 2 rings (SSSR count). The molecule has 0 unspecified atom stereocenters. The van der Waals surface area contributed by atoms with Gasteiger partial charge in [-0.25, -0.2) is 0 Å². The third-order valence-electron chi connectivity index (χ3n) is 5.06. The summed E-state index contributed by atoms with van der Waals surface area (Å²) in [5.41, 5.74) is 1.21. The van der Waals surface area contributed by atoms with Crippen LogP contribution in [0.4, 0.5) is 0 Å². The van der Waals surface area contributed by atoms with Crippen molar-refractivity contribution >= 4 is 5.96 Å². The molecule has 0 atom stereocenters. The molecule has 6 heteroatoms. The molecule has 0 bridgehead atoms. The van der Waals surface area contributed by atoms with Crippen LogP contribution in [-0.2, 0) is 6.42 Å². The molecule has 27 heavy (non-hydrogen) atoms. The molecule has 1 heterocycles. The van der Waals surface area contributed by atoms with Gasteiger partial charge in [0.2, 0.25) is 0 Å². The topological polar surface area (TPSA) is 58.1 Å². The van der Waals surface area contributed by atoms with E-state index in [1.165, 1.54) is 31.5 Å². The van der Waals surface area contributed by atoms with Gasteiger partial charge >= 0.3 is 0 Å². The molecule has 0 aliphatic carbocycles. The van der Waals surface area contributed by atoms with Crippen LogP contribution in [0.25, 0.3) is 0 Å². The Kier molecular flexibility index (Phi) is 9.25. The van der Waals surface area contributed by atoms with Gasteiger partial charge in [0, 0.05) is 19.6 Å². The molecule has 0 radical (unpaired) electrons. The smallest absolute Gasteiger partial charge is 0.191 e. The first-order chi connectivity index (χ1) is 13.2. The highest BCUT2D eigenvalue weighted by Gasteiger charge is 2.14.